The van der Waals surface area contributed by atoms with Crippen LogP contribution in [0, 0.1) is 0 Å². The molecule has 0 radical (unpaired) electrons. The van der Waals surface area contributed by atoms with Gasteiger partial charge in [0.05, 0.1) is 18.5 Å². The van der Waals surface area contributed by atoms with Crippen LogP contribution in [0.1, 0.15) is 26.7 Å². The average Bonchev–Trinajstić information content (AvgIpc) is 2.14. The summed E-state index contributed by atoms with van der Waals surface area (Å²) in [5.74, 6) is -0.556. The Kier molecular flexibility index (Phi) is 6.08. The fourth-order valence-corrected chi connectivity index (χ4v) is 2.63. The van der Waals surface area contributed by atoms with Crippen LogP contribution in [0.3, 0.4) is 0 Å². The molecular weight excluding hydrogens is 246 g/mol. The molecule has 1 N–H and O–H groups in total. The SMILES string of the molecule is COC(=O)CCCS(=O)(=O)N(C)CC(C)(C)O. The van der Waals surface area contributed by atoms with E-state index in [9.17, 15) is 18.3 Å². The van der Waals surface area contributed by atoms with Gasteiger partial charge in [-0.2, -0.15) is 0 Å². The predicted octanol–water partition coefficient (Wildman–Crippen LogP) is -0.0279. The highest BCUT2D eigenvalue weighted by molar-refractivity contribution is 7.89. The molecular formula is C10H21NO5S. The number of ether oxygens (including phenoxy) is 1. The number of hydrogen-bond acceptors (Lipinski definition) is 5. The van der Waals surface area contributed by atoms with Gasteiger partial charge in [-0.05, 0) is 20.3 Å². The number of hydrogen-bond donors (Lipinski definition) is 1. The molecule has 0 bridgehead atoms. The summed E-state index contributed by atoms with van der Waals surface area (Å²) in [5, 5.41) is 9.52. The van der Waals surface area contributed by atoms with E-state index in [0.29, 0.717) is 0 Å². The number of rotatable bonds is 7. The van der Waals surface area contributed by atoms with Gasteiger partial charge in [-0.25, -0.2) is 12.7 Å². The molecule has 0 aromatic rings. The standard InChI is InChI=1S/C10H21NO5S/c1-10(2,13)8-11(3)17(14,15)7-5-6-9(12)16-4/h13H,5-8H2,1-4H3. The van der Waals surface area contributed by atoms with E-state index in [1.807, 2.05) is 0 Å². The van der Waals surface area contributed by atoms with Gasteiger partial charge in [0.25, 0.3) is 0 Å². The Morgan fingerprint density at radius 3 is 2.35 bits per heavy atom. The Bertz CT molecular complexity index is 344. The van der Waals surface area contributed by atoms with Crippen molar-refractivity contribution in [3.8, 4) is 0 Å². The maximum atomic E-state index is 11.7. The van der Waals surface area contributed by atoms with Gasteiger partial charge >= 0.3 is 5.97 Å². The monoisotopic (exact) mass is 267 g/mol. The lowest BCUT2D eigenvalue weighted by Crippen LogP contribution is -2.40. The van der Waals surface area contributed by atoms with Crippen LogP contribution in [-0.4, -0.2) is 55.9 Å². The molecule has 102 valence electrons. The summed E-state index contributed by atoms with van der Waals surface area (Å²) in [6.07, 6.45) is 0.289. The highest BCUT2D eigenvalue weighted by Crippen LogP contribution is 2.09. The first-order valence-electron chi connectivity index (χ1n) is 5.32. The van der Waals surface area contributed by atoms with Crippen molar-refractivity contribution in [1.29, 1.82) is 0 Å². The first-order valence-corrected chi connectivity index (χ1v) is 6.92. The molecule has 0 saturated heterocycles. The smallest absolute Gasteiger partial charge is 0.305 e. The summed E-state index contributed by atoms with van der Waals surface area (Å²) >= 11 is 0. The molecule has 0 rings (SSSR count). The van der Waals surface area contributed by atoms with Gasteiger partial charge in [0.2, 0.25) is 10.0 Å². The van der Waals surface area contributed by atoms with Crippen LogP contribution >= 0.6 is 0 Å². The molecule has 0 aromatic heterocycles. The lowest BCUT2D eigenvalue weighted by atomic mass is 10.1. The molecule has 0 atom stereocenters. The van der Waals surface area contributed by atoms with E-state index in [2.05, 4.69) is 4.74 Å². The summed E-state index contributed by atoms with van der Waals surface area (Å²) in [6, 6.07) is 0. The fraction of sp³-hybridized carbons (Fsp3) is 0.900. The average molecular weight is 267 g/mol. The number of likely N-dealkylation sites (N-methyl/N-ethyl adjacent to an activating group) is 1. The van der Waals surface area contributed by atoms with Gasteiger partial charge in [-0.1, -0.05) is 0 Å². The molecule has 7 heteroatoms. The van der Waals surface area contributed by atoms with E-state index in [1.165, 1.54) is 28.0 Å². The van der Waals surface area contributed by atoms with Crippen LogP contribution in [-0.2, 0) is 19.6 Å². The maximum absolute atomic E-state index is 11.7. The highest BCUT2D eigenvalue weighted by Gasteiger charge is 2.24. The Morgan fingerprint density at radius 2 is 1.94 bits per heavy atom. The molecule has 0 aliphatic rings. The predicted molar refractivity (Wildman–Crippen MR) is 64.0 cm³/mol. The molecule has 0 aliphatic heterocycles. The quantitative estimate of drug-likeness (QED) is 0.655. The van der Waals surface area contributed by atoms with Crippen molar-refractivity contribution >= 4 is 16.0 Å². The topological polar surface area (TPSA) is 83.9 Å². The number of aliphatic hydroxyl groups is 1. The summed E-state index contributed by atoms with van der Waals surface area (Å²) in [5.41, 5.74) is -1.08. The van der Waals surface area contributed by atoms with E-state index >= 15 is 0 Å². The van der Waals surface area contributed by atoms with Crippen molar-refractivity contribution in [2.45, 2.75) is 32.3 Å². The molecule has 0 amide bonds. The normalized spacial score (nSPS) is 12.8. The van der Waals surface area contributed by atoms with E-state index in [4.69, 9.17) is 0 Å². The first-order chi connectivity index (χ1) is 7.58. The molecule has 0 saturated carbocycles. The minimum absolute atomic E-state index is 0.0214. The second-order valence-electron chi connectivity index (χ2n) is 4.56. The van der Waals surface area contributed by atoms with Crippen LogP contribution in [0.25, 0.3) is 0 Å². The molecule has 0 spiro atoms. The zero-order chi connectivity index (χ0) is 13.7. The maximum Gasteiger partial charge on any atom is 0.305 e. The van der Waals surface area contributed by atoms with Gasteiger partial charge in [0, 0.05) is 20.0 Å². The lowest BCUT2D eigenvalue weighted by molar-refractivity contribution is -0.140. The van der Waals surface area contributed by atoms with Gasteiger partial charge in [-0.15, -0.1) is 0 Å². The number of sulfonamides is 1. The van der Waals surface area contributed by atoms with E-state index in [1.54, 1.807) is 0 Å². The third-order valence-corrected chi connectivity index (χ3v) is 3.98. The Morgan fingerprint density at radius 1 is 1.41 bits per heavy atom. The number of nitrogens with zero attached hydrogens (tertiary/aromatic N) is 1. The summed E-state index contributed by atoms with van der Waals surface area (Å²) < 4.78 is 29.0. The Balaban J connectivity index is 4.24. The second kappa shape index (κ2) is 6.32. The van der Waals surface area contributed by atoms with Crippen LogP contribution in [0.4, 0.5) is 0 Å². The van der Waals surface area contributed by atoms with Gasteiger partial charge < -0.3 is 9.84 Å². The largest absolute Gasteiger partial charge is 0.469 e. The van der Waals surface area contributed by atoms with E-state index < -0.39 is 21.6 Å². The Labute approximate surface area is 103 Å². The second-order valence-corrected chi connectivity index (χ2v) is 6.76. The van der Waals surface area contributed by atoms with Gasteiger partial charge in [0.15, 0.2) is 0 Å². The van der Waals surface area contributed by atoms with Crippen LogP contribution in [0.2, 0.25) is 0 Å². The van der Waals surface area contributed by atoms with Crippen molar-refractivity contribution in [2.24, 2.45) is 0 Å². The van der Waals surface area contributed by atoms with E-state index in [-0.39, 0.29) is 25.1 Å². The van der Waals surface area contributed by atoms with Crippen molar-refractivity contribution in [1.82, 2.24) is 4.31 Å². The highest BCUT2D eigenvalue weighted by atomic mass is 32.2. The molecule has 0 fully saturated rings. The number of carbonyl (C=O) groups excluding carboxylic acids is 1. The van der Waals surface area contributed by atoms with Crippen LogP contribution in [0.15, 0.2) is 0 Å². The zero-order valence-electron chi connectivity index (χ0n) is 10.8. The van der Waals surface area contributed by atoms with E-state index in [0.717, 1.165) is 4.31 Å². The summed E-state index contributed by atoms with van der Waals surface area (Å²) in [4.78, 5) is 10.8. The molecule has 17 heavy (non-hydrogen) atoms. The molecule has 0 heterocycles. The Hall–Kier alpha value is -0.660. The zero-order valence-corrected chi connectivity index (χ0v) is 11.6. The third kappa shape index (κ3) is 7.30. The molecule has 0 aromatic carbocycles. The third-order valence-electron chi connectivity index (χ3n) is 2.10. The van der Waals surface area contributed by atoms with Crippen molar-refractivity contribution in [3.05, 3.63) is 0 Å². The van der Waals surface area contributed by atoms with Crippen molar-refractivity contribution in [2.75, 3.05) is 26.5 Å². The summed E-state index contributed by atoms with van der Waals surface area (Å²) in [7, 11) is -0.762. The fourth-order valence-electron chi connectivity index (χ4n) is 1.30. The molecule has 6 nitrogen and oxygen atoms in total. The molecule has 0 unspecified atom stereocenters. The van der Waals surface area contributed by atoms with Gasteiger partial charge in [0.1, 0.15) is 0 Å². The summed E-state index contributed by atoms with van der Waals surface area (Å²) in [6.45, 7) is 3.09. The van der Waals surface area contributed by atoms with Crippen molar-refractivity contribution in [3.63, 3.8) is 0 Å². The van der Waals surface area contributed by atoms with Crippen LogP contribution in [0.5, 0.6) is 0 Å². The van der Waals surface area contributed by atoms with Gasteiger partial charge in [-0.3, -0.25) is 4.79 Å². The lowest BCUT2D eigenvalue weighted by Gasteiger charge is -2.24. The minimum atomic E-state index is -3.43. The number of carbonyl (C=O) groups is 1. The molecule has 0 aliphatic carbocycles. The van der Waals surface area contributed by atoms with Crippen molar-refractivity contribution < 1.29 is 23.1 Å². The van der Waals surface area contributed by atoms with Crippen LogP contribution < -0.4 is 0 Å². The number of esters is 1. The number of methoxy groups -OCH3 is 1. The minimum Gasteiger partial charge on any atom is -0.469 e. The first kappa shape index (κ1) is 16.3.